The van der Waals surface area contributed by atoms with Gasteiger partial charge in [0.15, 0.2) is 11.5 Å². The molecule has 0 saturated carbocycles. The molecule has 0 spiro atoms. The lowest BCUT2D eigenvalue weighted by atomic mass is 10.1. The fourth-order valence-electron chi connectivity index (χ4n) is 1.72. The van der Waals surface area contributed by atoms with Crippen molar-refractivity contribution in [1.29, 1.82) is 0 Å². The van der Waals surface area contributed by atoms with Gasteiger partial charge in [-0.2, -0.15) is 0 Å². The zero-order valence-corrected chi connectivity index (χ0v) is 9.64. The Bertz CT molecular complexity index is 419. The van der Waals surface area contributed by atoms with Crippen LogP contribution in [0.1, 0.15) is 12.5 Å². The maximum atomic E-state index is 11.4. The Kier molecular flexibility index (Phi) is 3.49. The maximum Gasteiger partial charge on any atom is 0.323 e. The zero-order valence-electron chi connectivity index (χ0n) is 9.64. The third-order valence-electron chi connectivity index (χ3n) is 2.51. The molecular formula is C12H15NO4. The van der Waals surface area contributed by atoms with Crippen LogP contribution in [0.15, 0.2) is 18.2 Å². The molecule has 1 heterocycles. The predicted octanol–water partition coefficient (Wildman–Crippen LogP) is 0.848. The van der Waals surface area contributed by atoms with Crippen molar-refractivity contribution in [2.45, 2.75) is 19.4 Å². The van der Waals surface area contributed by atoms with Crippen molar-refractivity contribution >= 4 is 5.97 Å². The molecule has 0 fully saturated rings. The summed E-state index contributed by atoms with van der Waals surface area (Å²) in [6.07, 6.45) is 0.380. The monoisotopic (exact) mass is 237 g/mol. The number of hydrogen-bond acceptors (Lipinski definition) is 5. The Balaban J connectivity index is 2.09. The molecule has 1 aromatic rings. The second-order valence-electron chi connectivity index (χ2n) is 3.71. The van der Waals surface area contributed by atoms with E-state index in [2.05, 4.69) is 0 Å². The molecule has 0 aromatic heterocycles. The van der Waals surface area contributed by atoms with Crippen molar-refractivity contribution in [3.8, 4) is 11.5 Å². The summed E-state index contributed by atoms with van der Waals surface area (Å²) in [6.45, 7) is 2.29. The molecule has 2 rings (SSSR count). The lowest BCUT2D eigenvalue weighted by Gasteiger charge is -2.11. The highest BCUT2D eigenvalue weighted by molar-refractivity contribution is 5.76. The van der Waals surface area contributed by atoms with Gasteiger partial charge in [0, 0.05) is 12.0 Å². The number of nitrogens with two attached hydrogens (primary N) is 1. The van der Waals surface area contributed by atoms with E-state index >= 15 is 0 Å². The van der Waals surface area contributed by atoms with Crippen LogP contribution in [-0.2, 0) is 16.0 Å². The molecular weight excluding hydrogens is 222 g/mol. The summed E-state index contributed by atoms with van der Waals surface area (Å²) >= 11 is 0. The van der Waals surface area contributed by atoms with Crippen LogP contribution in [0, 0.1) is 0 Å². The van der Waals surface area contributed by atoms with Crippen LogP contribution in [0.5, 0.6) is 11.5 Å². The predicted molar refractivity (Wildman–Crippen MR) is 60.9 cm³/mol. The average molecular weight is 237 g/mol. The molecule has 0 radical (unpaired) electrons. The van der Waals surface area contributed by atoms with E-state index in [1.54, 1.807) is 6.92 Å². The second-order valence-corrected chi connectivity index (χ2v) is 3.71. The van der Waals surface area contributed by atoms with Gasteiger partial charge in [-0.25, -0.2) is 0 Å². The molecule has 5 heteroatoms. The van der Waals surface area contributed by atoms with Gasteiger partial charge in [-0.15, -0.1) is 0 Å². The van der Waals surface area contributed by atoms with E-state index < -0.39 is 12.0 Å². The van der Waals surface area contributed by atoms with E-state index in [0.717, 1.165) is 5.56 Å². The van der Waals surface area contributed by atoms with E-state index in [-0.39, 0.29) is 6.79 Å². The third kappa shape index (κ3) is 2.50. The van der Waals surface area contributed by atoms with E-state index in [1.807, 2.05) is 18.2 Å². The largest absolute Gasteiger partial charge is 0.465 e. The summed E-state index contributed by atoms with van der Waals surface area (Å²) in [5, 5.41) is 0. The Labute approximate surface area is 99.5 Å². The fourth-order valence-corrected chi connectivity index (χ4v) is 1.72. The topological polar surface area (TPSA) is 70.8 Å². The minimum absolute atomic E-state index is 0.209. The van der Waals surface area contributed by atoms with Gasteiger partial charge >= 0.3 is 5.97 Å². The number of benzene rings is 1. The van der Waals surface area contributed by atoms with Gasteiger partial charge in [0.05, 0.1) is 6.61 Å². The minimum atomic E-state index is -0.675. The van der Waals surface area contributed by atoms with E-state index in [9.17, 15) is 4.79 Å². The number of esters is 1. The van der Waals surface area contributed by atoms with Crippen molar-refractivity contribution in [2.24, 2.45) is 5.73 Å². The molecule has 2 N–H and O–H groups in total. The van der Waals surface area contributed by atoms with Gasteiger partial charge in [0.2, 0.25) is 6.79 Å². The number of fused-ring (bicyclic) bond motifs is 1. The first-order valence-corrected chi connectivity index (χ1v) is 5.52. The highest BCUT2D eigenvalue weighted by atomic mass is 16.7. The quantitative estimate of drug-likeness (QED) is 0.786. The Morgan fingerprint density at radius 1 is 1.53 bits per heavy atom. The van der Waals surface area contributed by atoms with Crippen molar-refractivity contribution in [3.05, 3.63) is 23.8 Å². The van der Waals surface area contributed by atoms with Crippen LogP contribution in [0.4, 0.5) is 0 Å². The van der Waals surface area contributed by atoms with Gasteiger partial charge in [0.25, 0.3) is 0 Å². The van der Waals surface area contributed by atoms with Crippen molar-refractivity contribution in [3.63, 3.8) is 0 Å². The third-order valence-corrected chi connectivity index (χ3v) is 2.51. The zero-order chi connectivity index (χ0) is 12.3. The maximum absolute atomic E-state index is 11.4. The van der Waals surface area contributed by atoms with Crippen LogP contribution >= 0.6 is 0 Å². The molecule has 1 atom stereocenters. The van der Waals surface area contributed by atoms with E-state index in [0.29, 0.717) is 24.5 Å². The van der Waals surface area contributed by atoms with Gasteiger partial charge < -0.3 is 19.9 Å². The molecule has 1 aromatic carbocycles. The lowest BCUT2D eigenvalue weighted by molar-refractivity contribution is -0.144. The minimum Gasteiger partial charge on any atom is -0.465 e. The molecule has 0 saturated heterocycles. The SMILES string of the molecule is CCOC(=O)C(N)Cc1cccc2c1OCO2. The summed E-state index contributed by atoms with van der Waals surface area (Å²) in [7, 11) is 0. The first kappa shape index (κ1) is 11.7. The molecule has 92 valence electrons. The summed E-state index contributed by atoms with van der Waals surface area (Å²) in [5.41, 5.74) is 6.62. The summed E-state index contributed by atoms with van der Waals surface area (Å²) in [4.78, 5) is 11.4. The molecule has 0 amide bonds. The smallest absolute Gasteiger partial charge is 0.323 e. The van der Waals surface area contributed by atoms with Crippen molar-refractivity contribution in [1.82, 2.24) is 0 Å². The van der Waals surface area contributed by atoms with Crippen LogP contribution < -0.4 is 15.2 Å². The molecule has 0 aliphatic carbocycles. The Morgan fingerprint density at radius 3 is 3.12 bits per heavy atom. The summed E-state index contributed by atoms with van der Waals surface area (Å²) in [5.74, 6) is 0.967. The van der Waals surface area contributed by atoms with Crippen LogP contribution in [0.2, 0.25) is 0 Å². The fraction of sp³-hybridized carbons (Fsp3) is 0.417. The van der Waals surface area contributed by atoms with E-state index in [1.165, 1.54) is 0 Å². The number of rotatable bonds is 4. The lowest BCUT2D eigenvalue weighted by Crippen LogP contribution is -2.34. The molecule has 5 nitrogen and oxygen atoms in total. The van der Waals surface area contributed by atoms with Crippen molar-refractivity contribution < 1.29 is 19.0 Å². The molecule has 1 unspecified atom stereocenters. The van der Waals surface area contributed by atoms with E-state index in [4.69, 9.17) is 19.9 Å². The molecule has 1 aliphatic rings. The van der Waals surface area contributed by atoms with Gasteiger partial charge in [0.1, 0.15) is 6.04 Å². The number of carbonyl (C=O) groups is 1. The average Bonchev–Trinajstić information content (AvgIpc) is 2.78. The van der Waals surface area contributed by atoms with Crippen LogP contribution in [0.3, 0.4) is 0 Å². The molecule has 1 aliphatic heterocycles. The number of para-hydroxylation sites is 1. The van der Waals surface area contributed by atoms with Crippen molar-refractivity contribution in [2.75, 3.05) is 13.4 Å². The normalized spacial score (nSPS) is 14.5. The Morgan fingerprint density at radius 2 is 2.35 bits per heavy atom. The highest BCUT2D eigenvalue weighted by Gasteiger charge is 2.22. The van der Waals surface area contributed by atoms with Gasteiger partial charge in [-0.3, -0.25) is 4.79 Å². The van der Waals surface area contributed by atoms with Gasteiger partial charge in [-0.1, -0.05) is 12.1 Å². The Hall–Kier alpha value is -1.75. The molecule has 17 heavy (non-hydrogen) atoms. The number of carbonyl (C=O) groups excluding carboxylic acids is 1. The van der Waals surface area contributed by atoms with Crippen LogP contribution in [0.25, 0.3) is 0 Å². The second kappa shape index (κ2) is 5.05. The first-order chi connectivity index (χ1) is 8.22. The highest BCUT2D eigenvalue weighted by Crippen LogP contribution is 2.35. The summed E-state index contributed by atoms with van der Waals surface area (Å²) < 4.78 is 15.4. The standard InChI is InChI=1S/C12H15NO4/c1-2-15-12(14)9(13)6-8-4-3-5-10-11(8)17-7-16-10/h3-5,9H,2,6-7,13H2,1H3. The van der Waals surface area contributed by atoms with Crippen LogP contribution in [-0.4, -0.2) is 25.4 Å². The van der Waals surface area contributed by atoms with Gasteiger partial charge in [-0.05, 0) is 13.0 Å². The summed E-state index contributed by atoms with van der Waals surface area (Å²) in [6, 6.07) is 4.86. The number of ether oxygens (including phenoxy) is 3. The number of hydrogen-bond donors (Lipinski definition) is 1. The molecule has 0 bridgehead atoms. The first-order valence-electron chi connectivity index (χ1n) is 5.52.